The highest BCUT2D eigenvalue weighted by atomic mass is 16.1. The van der Waals surface area contributed by atoms with Crippen LogP contribution in [-0.4, -0.2) is 50.1 Å². The molecule has 24 heavy (non-hydrogen) atoms. The Morgan fingerprint density at radius 3 is 2.12 bits per heavy atom. The fourth-order valence-corrected chi connectivity index (χ4v) is 2.41. The summed E-state index contributed by atoms with van der Waals surface area (Å²) in [5.41, 5.74) is 13.6. The van der Waals surface area contributed by atoms with Crippen LogP contribution in [0.15, 0.2) is 23.3 Å². The summed E-state index contributed by atoms with van der Waals surface area (Å²) in [6, 6.07) is 0. The number of amides is 1. The van der Waals surface area contributed by atoms with Crippen molar-refractivity contribution >= 4 is 5.91 Å². The number of nitrogens with one attached hydrogen (secondary N) is 1. The van der Waals surface area contributed by atoms with E-state index in [9.17, 15) is 4.79 Å². The van der Waals surface area contributed by atoms with E-state index in [1.165, 1.54) is 5.57 Å². The number of carbonyl (C=O) groups is 1. The van der Waals surface area contributed by atoms with E-state index in [4.69, 9.17) is 11.5 Å². The van der Waals surface area contributed by atoms with Crippen LogP contribution in [-0.2, 0) is 4.79 Å². The Labute approximate surface area is 148 Å². The van der Waals surface area contributed by atoms with Crippen LogP contribution in [0.3, 0.4) is 0 Å². The lowest BCUT2D eigenvalue weighted by molar-refractivity contribution is -0.116. The average molecular weight is 339 g/mol. The molecule has 140 valence electrons. The molecule has 5 N–H and O–H groups in total. The lowest BCUT2D eigenvalue weighted by atomic mass is 10.1. The first-order chi connectivity index (χ1) is 11.5. The summed E-state index contributed by atoms with van der Waals surface area (Å²) in [5.74, 6) is 0.0140. The quantitative estimate of drug-likeness (QED) is 0.257. The molecule has 0 saturated heterocycles. The number of hydrogen-bond acceptors (Lipinski definition) is 4. The summed E-state index contributed by atoms with van der Waals surface area (Å²) < 4.78 is 0. The molecular weight excluding hydrogens is 300 g/mol. The lowest BCUT2D eigenvalue weighted by Crippen LogP contribution is -2.32. The normalized spacial score (nSPS) is 11.7. The zero-order chi connectivity index (χ0) is 18.2. The minimum atomic E-state index is 0.0140. The minimum Gasteiger partial charge on any atom is -0.353 e. The van der Waals surface area contributed by atoms with Gasteiger partial charge in [-0.1, -0.05) is 17.2 Å². The monoisotopic (exact) mass is 338 g/mol. The zero-order valence-corrected chi connectivity index (χ0v) is 15.9. The van der Waals surface area contributed by atoms with Crippen molar-refractivity contribution in [3.8, 4) is 0 Å². The van der Waals surface area contributed by atoms with Crippen molar-refractivity contribution in [3.05, 3.63) is 23.3 Å². The topological polar surface area (TPSA) is 84.4 Å². The second-order valence-corrected chi connectivity index (χ2v) is 6.58. The van der Waals surface area contributed by atoms with Gasteiger partial charge in [-0.2, -0.15) is 0 Å². The van der Waals surface area contributed by atoms with Crippen molar-refractivity contribution < 1.29 is 4.79 Å². The molecule has 0 spiro atoms. The van der Waals surface area contributed by atoms with Gasteiger partial charge in [0.05, 0.1) is 0 Å². The summed E-state index contributed by atoms with van der Waals surface area (Å²) in [7, 11) is 0. The molecule has 0 aliphatic carbocycles. The second kappa shape index (κ2) is 15.4. The molecule has 0 heterocycles. The van der Waals surface area contributed by atoms with E-state index in [0.717, 1.165) is 57.3 Å². The van der Waals surface area contributed by atoms with Gasteiger partial charge in [0.15, 0.2) is 0 Å². The summed E-state index contributed by atoms with van der Waals surface area (Å²) >= 11 is 0. The van der Waals surface area contributed by atoms with E-state index in [1.54, 1.807) is 6.08 Å². The number of carbonyl (C=O) groups excluding carboxylic acids is 1. The Morgan fingerprint density at radius 1 is 1.00 bits per heavy atom. The van der Waals surface area contributed by atoms with Gasteiger partial charge in [0.1, 0.15) is 0 Å². The molecule has 0 atom stereocenters. The van der Waals surface area contributed by atoms with Gasteiger partial charge >= 0.3 is 0 Å². The SMILES string of the molecule is CC(C)=CCC/C(C)=C/C(=O)NCCCN(CCCN)CCCN. The number of hydrogen-bond donors (Lipinski definition) is 3. The van der Waals surface area contributed by atoms with Crippen LogP contribution in [0.1, 0.15) is 52.9 Å². The molecule has 0 rings (SSSR count). The van der Waals surface area contributed by atoms with Crippen LogP contribution in [0.25, 0.3) is 0 Å². The van der Waals surface area contributed by atoms with Crippen LogP contribution in [0.5, 0.6) is 0 Å². The van der Waals surface area contributed by atoms with Gasteiger partial charge in [0.25, 0.3) is 0 Å². The Morgan fingerprint density at radius 2 is 1.58 bits per heavy atom. The average Bonchev–Trinajstić information content (AvgIpc) is 2.52. The third kappa shape index (κ3) is 14.4. The molecule has 5 nitrogen and oxygen atoms in total. The molecule has 0 saturated carbocycles. The van der Waals surface area contributed by atoms with Gasteiger partial charge < -0.3 is 21.7 Å². The van der Waals surface area contributed by atoms with E-state index in [1.807, 2.05) is 6.92 Å². The maximum Gasteiger partial charge on any atom is 0.243 e. The van der Waals surface area contributed by atoms with E-state index in [0.29, 0.717) is 19.6 Å². The fraction of sp³-hybridized carbons (Fsp3) is 0.737. The van der Waals surface area contributed by atoms with Gasteiger partial charge in [-0.3, -0.25) is 4.79 Å². The first-order valence-corrected chi connectivity index (χ1v) is 9.20. The number of nitrogens with zero attached hydrogens (tertiary/aromatic N) is 1. The molecule has 0 bridgehead atoms. The molecule has 0 radical (unpaired) electrons. The smallest absolute Gasteiger partial charge is 0.243 e. The molecule has 0 aromatic carbocycles. The van der Waals surface area contributed by atoms with E-state index < -0.39 is 0 Å². The van der Waals surface area contributed by atoms with Crippen molar-refractivity contribution in [2.24, 2.45) is 11.5 Å². The first-order valence-electron chi connectivity index (χ1n) is 9.20. The number of allylic oxidation sites excluding steroid dienone is 3. The minimum absolute atomic E-state index is 0.0140. The Hall–Kier alpha value is -1.17. The molecule has 0 aromatic rings. The van der Waals surface area contributed by atoms with Gasteiger partial charge in [0, 0.05) is 12.6 Å². The van der Waals surface area contributed by atoms with Crippen LogP contribution >= 0.6 is 0 Å². The predicted octanol–water partition coefficient (Wildman–Crippen LogP) is 2.19. The molecule has 0 aromatic heterocycles. The van der Waals surface area contributed by atoms with Crippen LogP contribution in [0.4, 0.5) is 0 Å². The Bertz CT molecular complexity index is 379. The number of nitrogens with two attached hydrogens (primary N) is 2. The maximum absolute atomic E-state index is 11.9. The summed E-state index contributed by atoms with van der Waals surface area (Å²) in [6.07, 6.45) is 8.81. The molecule has 0 fully saturated rings. The van der Waals surface area contributed by atoms with Crippen molar-refractivity contribution in [3.63, 3.8) is 0 Å². The highest BCUT2D eigenvalue weighted by Gasteiger charge is 2.04. The van der Waals surface area contributed by atoms with Gasteiger partial charge in [-0.05, 0) is 85.6 Å². The van der Waals surface area contributed by atoms with Gasteiger partial charge in [-0.25, -0.2) is 0 Å². The lowest BCUT2D eigenvalue weighted by Gasteiger charge is -2.21. The Balaban J connectivity index is 3.97. The molecular formula is C19H38N4O. The Kier molecular flexibility index (Phi) is 14.6. The third-order valence-electron chi connectivity index (χ3n) is 3.78. The number of rotatable bonds is 14. The van der Waals surface area contributed by atoms with Crippen LogP contribution < -0.4 is 16.8 Å². The largest absolute Gasteiger partial charge is 0.353 e. The molecule has 0 aliphatic rings. The second-order valence-electron chi connectivity index (χ2n) is 6.58. The molecule has 1 amide bonds. The van der Waals surface area contributed by atoms with Crippen molar-refractivity contribution in [1.29, 1.82) is 0 Å². The van der Waals surface area contributed by atoms with Crippen molar-refractivity contribution in [2.75, 3.05) is 39.3 Å². The van der Waals surface area contributed by atoms with Crippen LogP contribution in [0.2, 0.25) is 0 Å². The molecule has 0 aliphatic heterocycles. The summed E-state index contributed by atoms with van der Waals surface area (Å²) in [4.78, 5) is 14.3. The standard InChI is InChI=1S/C19H38N4O/c1-17(2)8-4-9-18(3)16-19(24)22-12-7-15-23(13-5-10-20)14-6-11-21/h8,16H,4-7,9-15,20-21H2,1-3H3,(H,22,24)/b18-16+. The van der Waals surface area contributed by atoms with Crippen molar-refractivity contribution in [2.45, 2.75) is 52.9 Å². The molecule has 0 unspecified atom stereocenters. The highest BCUT2D eigenvalue weighted by molar-refractivity contribution is 5.88. The van der Waals surface area contributed by atoms with E-state index in [2.05, 4.69) is 30.1 Å². The first kappa shape index (κ1) is 22.8. The highest BCUT2D eigenvalue weighted by Crippen LogP contribution is 2.06. The zero-order valence-electron chi connectivity index (χ0n) is 15.9. The summed E-state index contributed by atoms with van der Waals surface area (Å²) in [6.45, 7) is 11.3. The van der Waals surface area contributed by atoms with Gasteiger partial charge in [-0.15, -0.1) is 0 Å². The predicted molar refractivity (Wildman–Crippen MR) is 104 cm³/mol. The van der Waals surface area contributed by atoms with E-state index in [-0.39, 0.29) is 5.91 Å². The summed E-state index contributed by atoms with van der Waals surface area (Å²) in [5, 5.41) is 2.97. The molecule has 5 heteroatoms. The van der Waals surface area contributed by atoms with Gasteiger partial charge in [0.2, 0.25) is 5.91 Å². The van der Waals surface area contributed by atoms with E-state index >= 15 is 0 Å². The fourth-order valence-electron chi connectivity index (χ4n) is 2.41. The maximum atomic E-state index is 11.9. The van der Waals surface area contributed by atoms with Crippen LogP contribution in [0, 0.1) is 0 Å². The van der Waals surface area contributed by atoms with Crippen molar-refractivity contribution in [1.82, 2.24) is 10.2 Å². The third-order valence-corrected chi connectivity index (χ3v) is 3.78.